The monoisotopic (exact) mass is 295 g/mol. The van der Waals surface area contributed by atoms with Crippen molar-refractivity contribution in [2.24, 2.45) is 5.92 Å². The van der Waals surface area contributed by atoms with Crippen molar-refractivity contribution >= 4 is 6.08 Å². The summed E-state index contributed by atoms with van der Waals surface area (Å²) >= 11 is 0. The lowest BCUT2D eigenvalue weighted by Gasteiger charge is -2.30. The minimum atomic E-state index is -0.167. The van der Waals surface area contributed by atoms with Gasteiger partial charge in [-0.1, -0.05) is 54.6 Å². The molecule has 3 rings (SSSR count). The highest BCUT2D eigenvalue weighted by molar-refractivity contribution is 5.49. The summed E-state index contributed by atoms with van der Waals surface area (Å²) in [7, 11) is 0. The Balaban J connectivity index is 1.49. The summed E-state index contributed by atoms with van der Waals surface area (Å²) in [4.78, 5) is 2.52. The Labute approximate surface area is 132 Å². The Hall–Kier alpha value is -1.93. The van der Waals surface area contributed by atoms with Crippen LogP contribution >= 0.6 is 0 Å². The third-order valence-corrected chi connectivity index (χ3v) is 4.29. The van der Waals surface area contributed by atoms with Crippen molar-refractivity contribution in [3.05, 3.63) is 77.6 Å². The van der Waals surface area contributed by atoms with Gasteiger partial charge >= 0.3 is 0 Å². The van der Waals surface area contributed by atoms with Gasteiger partial charge in [-0.2, -0.15) is 0 Å². The maximum absolute atomic E-state index is 13.2. The number of halogens is 1. The fourth-order valence-electron chi connectivity index (χ4n) is 3.00. The molecule has 1 aliphatic heterocycles. The van der Waals surface area contributed by atoms with Gasteiger partial charge < -0.3 is 0 Å². The van der Waals surface area contributed by atoms with Crippen LogP contribution in [0.3, 0.4) is 0 Å². The van der Waals surface area contributed by atoms with Gasteiger partial charge in [-0.25, -0.2) is 4.39 Å². The molecule has 0 bridgehead atoms. The maximum atomic E-state index is 13.2. The van der Waals surface area contributed by atoms with Crippen molar-refractivity contribution in [3.63, 3.8) is 0 Å². The van der Waals surface area contributed by atoms with Crippen LogP contribution in [0.15, 0.2) is 60.7 Å². The number of piperidine rings is 1. The lowest BCUT2D eigenvalue weighted by Crippen LogP contribution is -2.32. The molecule has 0 unspecified atom stereocenters. The third-order valence-electron chi connectivity index (χ3n) is 4.29. The van der Waals surface area contributed by atoms with Crippen LogP contribution < -0.4 is 0 Å². The van der Waals surface area contributed by atoms with Gasteiger partial charge in [0.1, 0.15) is 5.82 Å². The van der Waals surface area contributed by atoms with Crippen LogP contribution in [0.4, 0.5) is 4.39 Å². The van der Waals surface area contributed by atoms with E-state index >= 15 is 0 Å². The molecule has 0 saturated carbocycles. The van der Waals surface area contributed by atoms with Crippen LogP contribution in [0, 0.1) is 11.7 Å². The molecule has 1 heterocycles. The first kappa shape index (κ1) is 15.0. The van der Waals surface area contributed by atoms with Gasteiger partial charge in [0.2, 0.25) is 0 Å². The number of allylic oxidation sites excluding steroid dienone is 1. The van der Waals surface area contributed by atoms with Crippen LogP contribution in [0.25, 0.3) is 6.08 Å². The molecular weight excluding hydrogens is 273 g/mol. The largest absolute Gasteiger partial charge is 0.299 e. The van der Waals surface area contributed by atoms with Gasteiger partial charge in [-0.05, 0) is 55.1 Å². The van der Waals surface area contributed by atoms with Crippen molar-refractivity contribution in [1.29, 1.82) is 0 Å². The fraction of sp³-hybridized carbons (Fsp3) is 0.300. The molecule has 1 aliphatic rings. The Morgan fingerprint density at radius 3 is 2.50 bits per heavy atom. The molecule has 0 spiro atoms. The van der Waals surface area contributed by atoms with E-state index in [-0.39, 0.29) is 5.82 Å². The molecule has 0 N–H and O–H groups in total. The molecule has 0 atom stereocenters. The molecule has 2 aromatic rings. The van der Waals surface area contributed by atoms with E-state index < -0.39 is 0 Å². The molecule has 1 saturated heterocycles. The van der Waals surface area contributed by atoms with Crippen LogP contribution in [0.5, 0.6) is 0 Å². The number of hydrogen-bond acceptors (Lipinski definition) is 1. The number of hydrogen-bond donors (Lipinski definition) is 0. The summed E-state index contributed by atoms with van der Waals surface area (Å²) in [5, 5.41) is 0. The van der Waals surface area contributed by atoms with Crippen LogP contribution in [-0.4, -0.2) is 18.0 Å². The standard InChI is InChI=1S/C20H22FN/c21-20-8-4-7-18(15-20)10-9-17-11-13-22(14-12-17)16-19-5-2-1-3-6-19/h1-10,15,17H,11-14,16H2/b10-9+. The van der Waals surface area contributed by atoms with Gasteiger partial charge in [-0.3, -0.25) is 4.90 Å². The summed E-state index contributed by atoms with van der Waals surface area (Å²) in [5.74, 6) is 0.440. The second-order valence-corrected chi connectivity index (χ2v) is 6.01. The number of benzene rings is 2. The van der Waals surface area contributed by atoms with E-state index in [2.05, 4.69) is 47.4 Å². The minimum Gasteiger partial charge on any atom is -0.299 e. The van der Waals surface area contributed by atoms with E-state index in [0.717, 1.165) is 25.2 Å². The minimum absolute atomic E-state index is 0.167. The smallest absolute Gasteiger partial charge is 0.123 e. The van der Waals surface area contributed by atoms with E-state index in [0.29, 0.717) is 5.92 Å². The predicted molar refractivity (Wildman–Crippen MR) is 89.9 cm³/mol. The Kier molecular flexibility index (Phi) is 5.02. The van der Waals surface area contributed by atoms with Crippen molar-refractivity contribution in [3.8, 4) is 0 Å². The van der Waals surface area contributed by atoms with Crippen molar-refractivity contribution < 1.29 is 4.39 Å². The van der Waals surface area contributed by atoms with E-state index in [9.17, 15) is 4.39 Å². The zero-order chi connectivity index (χ0) is 15.2. The third kappa shape index (κ3) is 4.28. The lowest BCUT2D eigenvalue weighted by atomic mass is 9.95. The van der Waals surface area contributed by atoms with Crippen molar-refractivity contribution in [2.45, 2.75) is 19.4 Å². The maximum Gasteiger partial charge on any atom is 0.123 e. The first-order valence-electron chi connectivity index (χ1n) is 8.00. The molecule has 114 valence electrons. The molecule has 0 aliphatic carbocycles. The van der Waals surface area contributed by atoms with E-state index in [1.54, 1.807) is 12.1 Å². The van der Waals surface area contributed by atoms with Gasteiger partial charge in [-0.15, -0.1) is 0 Å². The van der Waals surface area contributed by atoms with Gasteiger partial charge in [0.25, 0.3) is 0 Å². The molecule has 22 heavy (non-hydrogen) atoms. The topological polar surface area (TPSA) is 3.24 Å². The van der Waals surface area contributed by atoms with Crippen LogP contribution in [-0.2, 0) is 6.54 Å². The van der Waals surface area contributed by atoms with Crippen LogP contribution in [0.2, 0.25) is 0 Å². The van der Waals surface area contributed by atoms with Gasteiger partial charge in [0.15, 0.2) is 0 Å². The molecule has 0 aromatic heterocycles. The van der Waals surface area contributed by atoms with E-state index in [1.807, 2.05) is 6.07 Å². The summed E-state index contributed by atoms with van der Waals surface area (Å²) in [6, 6.07) is 17.4. The van der Waals surface area contributed by atoms with E-state index in [1.165, 1.54) is 24.5 Å². The highest BCUT2D eigenvalue weighted by Crippen LogP contribution is 2.21. The lowest BCUT2D eigenvalue weighted by molar-refractivity contribution is 0.196. The SMILES string of the molecule is Fc1cccc(/C=C/C2CCN(Cc3ccccc3)CC2)c1. The molecule has 1 fully saturated rings. The highest BCUT2D eigenvalue weighted by Gasteiger charge is 2.17. The summed E-state index contributed by atoms with van der Waals surface area (Å²) in [5.41, 5.74) is 2.34. The zero-order valence-corrected chi connectivity index (χ0v) is 12.8. The first-order chi connectivity index (χ1) is 10.8. The second kappa shape index (κ2) is 7.37. The van der Waals surface area contributed by atoms with Gasteiger partial charge in [0, 0.05) is 6.54 Å². The van der Waals surface area contributed by atoms with Crippen LogP contribution in [0.1, 0.15) is 24.0 Å². The summed E-state index contributed by atoms with van der Waals surface area (Å²) < 4.78 is 13.2. The predicted octanol–water partition coefficient (Wildman–Crippen LogP) is 4.75. The normalized spacial score (nSPS) is 17.1. The number of rotatable bonds is 4. The molecule has 2 heteroatoms. The average Bonchev–Trinajstić information content (AvgIpc) is 2.55. The Morgan fingerprint density at radius 2 is 1.77 bits per heavy atom. The quantitative estimate of drug-likeness (QED) is 0.786. The molecular formula is C20H22FN. The average molecular weight is 295 g/mol. The zero-order valence-electron chi connectivity index (χ0n) is 12.8. The highest BCUT2D eigenvalue weighted by atomic mass is 19.1. The van der Waals surface area contributed by atoms with Crippen molar-refractivity contribution in [2.75, 3.05) is 13.1 Å². The number of likely N-dealkylation sites (tertiary alicyclic amines) is 1. The molecule has 1 nitrogen and oxygen atoms in total. The molecule has 0 radical (unpaired) electrons. The van der Waals surface area contributed by atoms with Crippen molar-refractivity contribution in [1.82, 2.24) is 4.90 Å². The summed E-state index contributed by atoms with van der Waals surface area (Å²) in [6.07, 6.45) is 6.66. The Bertz CT molecular complexity index is 613. The molecule has 2 aromatic carbocycles. The summed E-state index contributed by atoms with van der Waals surface area (Å²) in [6.45, 7) is 3.31. The second-order valence-electron chi connectivity index (χ2n) is 6.01. The first-order valence-corrected chi connectivity index (χ1v) is 8.00. The number of nitrogens with zero attached hydrogens (tertiary/aromatic N) is 1. The Morgan fingerprint density at radius 1 is 1.00 bits per heavy atom. The fourth-order valence-corrected chi connectivity index (χ4v) is 3.00. The van der Waals surface area contributed by atoms with Gasteiger partial charge in [0.05, 0.1) is 0 Å². The van der Waals surface area contributed by atoms with E-state index in [4.69, 9.17) is 0 Å². The molecule has 0 amide bonds.